The van der Waals surface area contributed by atoms with Crippen molar-refractivity contribution in [2.24, 2.45) is 0 Å². The zero-order chi connectivity index (χ0) is 19.6. The predicted molar refractivity (Wildman–Crippen MR) is 109 cm³/mol. The van der Waals surface area contributed by atoms with Gasteiger partial charge in [-0.1, -0.05) is 18.7 Å². The number of carbonyl (C=O) groups excluding carboxylic acids is 1. The molecule has 0 bridgehead atoms. The molecule has 2 rings (SSSR count). The fraction of sp³-hybridized carbons (Fsp3) is 0.261. The maximum Gasteiger partial charge on any atom is 0.185 e. The van der Waals surface area contributed by atoms with Crippen molar-refractivity contribution in [3.05, 3.63) is 71.8 Å². The Morgan fingerprint density at radius 1 is 1.00 bits per heavy atom. The first kappa shape index (κ1) is 20.3. The lowest BCUT2D eigenvalue weighted by atomic mass is 10.1. The Kier molecular flexibility index (Phi) is 7.68. The zero-order valence-corrected chi connectivity index (χ0v) is 16.2. The van der Waals surface area contributed by atoms with E-state index in [-0.39, 0.29) is 5.78 Å². The summed E-state index contributed by atoms with van der Waals surface area (Å²) in [4.78, 5) is 12.4. The van der Waals surface area contributed by atoms with Crippen molar-refractivity contribution in [3.8, 4) is 17.2 Å². The highest BCUT2D eigenvalue weighted by molar-refractivity contribution is 6.06. The summed E-state index contributed by atoms with van der Waals surface area (Å²) in [5.41, 5.74) is 2.41. The lowest BCUT2D eigenvalue weighted by molar-refractivity contribution is 0.104. The van der Waals surface area contributed by atoms with Crippen LogP contribution >= 0.6 is 0 Å². The maximum atomic E-state index is 12.4. The highest BCUT2D eigenvalue weighted by Crippen LogP contribution is 2.30. The van der Waals surface area contributed by atoms with E-state index in [0.717, 1.165) is 22.6 Å². The SMILES string of the molecule is C=CCOc1ccc(C(=O)/C=C/c2cc(OCC)c(C)c(OCC)c2)cc1. The van der Waals surface area contributed by atoms with Crippen molar-refractivity contribution in [1.29, 1.82) is 0 Å². The van der Waals surface area contributed by atoms with Gasteiger partial charge in [0.05, 0.1) is 13.2 Å². The Labute approximate surface area is 161 Å². The zero-order valence-electron chi connectivity index (χ0n) is 16.2. The maximum absolute atomic E-state index is 12.4. The average molecular weight is 366 g/mol. The van der Waals surface area contributed by atoms with Crippen LogP contribution in [-0.2, 0) is 0 Å². The summed E-state index contributed by atoms with van der Waals surface area (Å²) in [5.74, 6) is 2.15. The van der Waals surface area contributed by atoms with Crippen LogP contribution < -0.4 is 14.2 Å². The first-order valence-electron chi connectivity index (χ1n) is 9.05. The van der Waals surface area contributed by atoms with Crippen LogP contribution in [-0.4, -0.2) is 25.6 Å². The van der Waals surface area contributed by atoms with Gasteiger partial charge >= 0.3 is 0 Å². The van der Waals surface area contributed by atoms with Crippen molar-refractivity contribution in [1.82, 2.24) is 0 Å². The van der Waals surface area contributed by atoms with Gasteiger partial charge in [-0.3, -0.25) is 4.79 Å². The van der Waals surface area contributed by atoms with Gasteiger partial charge in [0.15, 0.2) is 5.78 Å². The molecule has 0 aromatic heterocycles. The number of hydrogen-bond donors (Lipinski definition) is 0. The number of benzene rings is 2. The van der Waals surface area contributed by atoms with E-state index in [1.54, 1.807) is 42.5 Å². The van der Waals surface area contributed by atoms with Crippen LogP contribution in [0, 0.1) is 6.92 Å². The number of ketones is 1. The fourth-order valence-corrected chi connectivity index (χ4v) is 2.53. The number of carbonyl (C=O) groups is 1. The van der Waals surface area contributed by atoms with Crippen LogP contribution in [0.25, 0.3) is 6.08 Å². The fourth-order valence-electron chi connectivity index (χ4n) is 2.53. The number of rotatable bonds is 10. The second-order valence-corrected chi connectivity index (χ2v) is 5.83. The number of ether oxygens (including phenoxy) is 3. The molecule has 0 amide bonds. The van der Waals surface area contributed by atoms with Crippen molar-refractivity contribution < 1.29 is 19.0 Å². The van der Waals surface area contributed by atoms with Gasteiger partial charge in [0, 0.05) is 11.1 Å². The highest BCUT2D eigenvalue weighted by Gasteiger charge is 2.09. The third-order valence-corrected chi connectivity index (χ3v) is 3.87. The Hall–Kier alpha value is -3.01. The molecule has 142 valence electrons. The molecule has 0 aliphatic rings. The van der Waals surface area contributed by atoms with E-state index >= 15 is 0 Å². The topological polar surface area (TPSA) is 44.8 Å². The van der Waals surface area contributed by atoms with Crippen LogP contribution in [0.1, 0.15) is 35.3 Å². The van der Waals surface area contributed by atoms with E-state index in [4.69, 9.17) is 14.2 Å². The molecule has 2 aromatic carbocycles. The molecule has 0 aliphatic heterocycles. The molecule has 27 heavy (non-hydrogen) atoms. The lowest BCUT2D eigenvalue weighted by Gasteiger charge is -2.13. The summed E-state index contributed by atoms with van der Waals surface area (Å²) in [6.07, 6.45) is 5.00. The molecule has 0 saturated heterocycles. The van der Waals surface area contributed by atoms with Gasteiger partial charge < -0.3 is 14.2 Å². The molecule has 0 unspecified atom stereocenters. The largest absolute Gasteiger partial charge is 0.493 e. The summed E-state index contributed by atoms with van der Waals surface area (Å²) < 4.78 is 16.8. The second-order valence-electron chi connectivity index (χ2n) is 5.83. The van der Waals surface area contributed by atoms with E-state index in [1.165, 1.54) is 0 Å². The molecule has 0 atom stereocenters. The Morgan fingerprint density at radius 2 is 1.59 bits per heavy atom. The van der Waals surface area contributed by atoms with E-state index in [0.29, 0.717) is 31.1 Å². The van der Waals surface area contributed by atoms with Gasteiger partial charge in [0.2, 0.25) is 0 Å². The molecule has 4 nitrogen and oxygen atoms in total. The Morgan fingerprint density at radius 3 is 2.11 bits per heavy atom. The number of allylic oxidation sites excluding steroid dienone is 1. The molecular weight excluding hydrogens is 340 g/mol. The predicted octanol–water partition coefficient (Wildman–Crippen LogP) is 5.25. The minimum Gasteiger partial charge on any atom is -0.493 e. The third-order valence-electron chi connectivity index (χ3n) is 3.87. The summed E-state index contributed by atoms with van der Waals surface area (Å²) in [5, 5.41) is 0. The monoisotopic (exact) mass is 366 g/mol. The normalized spacial score (nSPS) is 10.6. The second kappa shape index (κ2) is 10.2. The standard InChI is InChI=1S/C23H26O4/c1-5-14-27-20-11-9-19(10-12-20)21(24)13-8-18-15-22(25-6-2)17(4)23(16-18)26-7-3/h5,8-13,15-16H,1,6-7,14H2,2-4H3/b13-8+. The lowest BCUT2D eigenvalue weighted by Crippen LogP contribution is -2.00. The van der Waals surface area contributed by atoms with Crippen LogP contribution in [0.3, 0.4) is 0 Å². The van der Waals surface area contributed by atoms with Crippen molar-refractivity contribution in [2.75, 3.05) is 19.8 Å². The van der Waals surface area contributed by atoms with Crippen LogP contribution in [0.4, 0.5) is 0 Å². The molecule has 0 saturated carbocycles. The third kappa shape index (κ3) is 5.74. The van der Waals surface area contributed by atoms with Gasteiger partial charge in [0.25, 0.3) is 0 Å². The molecular formula is C23H26O4. The minimum absolute atomic E-state index is 0.0817. The molecule has 0 radical (unpaired) electrons. The van der Waals surface area contributed by atoms with E-state index in [2.05, 4.69) is 6.58 Å². The quantitative estimate of drug-likeness (QED) is 0.327. The molecule has 0 spiro atoms. The molecule has 2 aromatic rings. The van der Waals surface area contributed by atoms with Crippen LogP contribution in [0.2, 0.25) is 0 Å². The first-order chi connectivity index (χ1) is 13.1. The van der Waals surface area contributed by atoms with E-state index in [9.17, 15) is 4.79 Å². The molecule has 0 aliphatic carbocycles. The number of hydrogen-bond acceptors (Lipinski definition) is 4. The molecule has 0 N–H and O–H groups in total. The smallest absolute Gasteiger partial charge is 0.185 e. The Bertz CT molecular complexity index is 777. The molecule has 0 heterocycles. The highest BCUT2D eigenvalue weighted by atomic mass is 16.5. The van der Waals surface area contributed by atoms with Crippen molar-refractivity contribution >= 4 is 11.9 Å². The van der Waals surface area contributed by atoms with Gasteiger partial charge in [-0.25, -0.2) is 0 Å². The van der Waals surface area contributed by atoms with E-state index in [1.807, 2.05) is 32.9 Å². The van der Waals surface area contributed by atoms with Gasteiger partial charge in [-0.15, -0.1) is 0 Å². The van der Waals surface area contributed by atoms with Crippen LogP contribution in [0.5, 0.6) is 17.2 Å². The average Bonchev–Trinajstić information content (AvgIpc) is 2.68. The van der Waals surface area contributed by atoms with E-state index < -0.39 is 0 Å². The summed E-state index contributed by atoms with van der Waals surface area (Å²) >= 11 is 0. The minimum atomic E-state index is -0.0817. The van der Waals surface area contributed by atoms with Crippen molar-refractivity contribution in [3.63, 3.8) is 0 Å². The van der Waals surface area contributed by atoms with Crippen molar-refractivity contribution in [2.45, 2.75) is 20.8 Å². The summed E-state index contributed by atoms with van der Waals surface area (Å²) in [6, 6.07) is 10.9. The van der Waals surface area contributed by atoms with Crippen LogP contribution in [0.15, 0.2) is 55.1 Å². The van der Waals surface area contributed by atoms with Gasteiger partial charge in [0.1, 0.15) is 23.9 Å². The van der Waals surface area contributed by atoms with Gasteiger partial charge in [-0.2, -0.15) is 0 Å². The molecule has 0 fully saturated rings. The Balaban J connectivity index is 2.18. The van der Waals surface area contributed by atoms with Gasteiger partial charge in [-0.05, 0) is 68.8 Å². The first-order valence-corrected chi connectivity index (χ1v) is 9.05. The summed E-state index contributed by atoms with van der Waals surface area (Å²) in [6.45, 7) is 11.0. The summed E-state index contributed by atoms with van der Waals surface area (Å²) in [7, 11) is 0. The molecule has 4 heteroatoms.